The number of aryl methyl sites for hydroxylation is 1. The number of nitrogens with zero attached hydrogens (tertiary/aromatic N) is 1. The molecule has 1 aromatic heterocycles. The molecule has 0 aliphatic rings. The molecule has 5 heteroatoms. The number of fused-ring (bicyclic) bond motifs is 1. The van der Waals surface area contributed by atoms with Crippen LogP contribution in [-0.2, 0) is 17.6 Å². The highest BCUT2D eigenvalue weighted by Crippen LogP contribution is 2.28. The Hall–Kier alpha value is -0.623. The van der Waals surface area contributed by atoms with Gasteiger partial charge in [-0.15, -0.1) is 0 Å². The topological polar surface area (TPSA) is 34.4 Å². The first-order valence-electron chi connectivity index (χ1n) is 9.14. The van der Waals surface area contributed by atoms with Gasteiger partial charge in [0, 0.05) is 34.2 Å². The summed E-state index contributed by atoms with van der Waals surface area (Å²) in [5.74, 6) is 0. The molecule has 0 spiro atoms. The van der Waals surface area contributed by atoms with Crippen LogP contribution in [0.4, 0.5) is 0 Å². The van der Waals surface area contributed by atoms with E-state index in [0.29, 0.717) is 5.41 Å². The SMILES string of the molecule is CC(C)(C)C[Si](C)(C)OCCCCn1c(CO)cc2cc(Br)ccc21. The largest absolute Gasteiger partial charge is 0.417 e. The van der Waals surface area contributed by atoms with Crippen molar-refractivity contribution in [2.24, 2.45) is 5.41 Å². The molecule has 0 aliphatic carbocycles. The second kappa shape index (κ2) is 8.38. The average Bonchev–Trinajstić information content (AvgIpc) is 2.81. The first-order valence-corrected chi connectivity index (χ1v) is 13.0. The lowest BCUT2D eigenvalue weighted by Crippen LogP contribution is -2.35. The molecule has 0 saturated heterocycles. The van der Waals surface area contributed by atoms with Crippen molar-refractivity contribution in [2.75, 3.05) is 6.61 Å². The van der Waals surface area contributed by atoms with Crippen LogP contribution in [0.25, 0.3) is 10.9 Å². The van der Waals surface area contributed by atoms with Crippen LogP contribution >= 0.6 is 15.9 Å². The summed E-state index contributed by atoms with van der Waals surface area (Å²) in [4.78, 5) is 0. The number of unbranched alkanes of at least 4 members (excludes halogenated alkanes) is 1. The van der Waals surface area contributed by atoms with Gasteiger partial charge in [-0.2, -0.15) is 0 Å². The molecule has 0 atom stereocenters. The maximum absolute atomic E-state index is 9.65. The van der Waals surface area contributed by atoms with Crippen LogP contribution in [0.2, 0.25) is 19.1 Å². The minimum absolute atomic E-state index is 0.0777. The van der Waals surface area contributed by atoms with Gasteiger partial charge in [0.15, 0.2) is 8.32 Å². The first-order chi connectivity index (χ1) is 11.6. The van der Waals surface area contributed by atoms with Gasteiger partial charge in [0.25, 0.3) is 0 Å². The number of hydrogen-bond acceptors (Lipinski definition) is 2. The number of hydrogen-bond donors (Lipinski definition) is 1. The molecule has 0 saturated carbocycles. The van der Waals surface area contributed by atoms with E-state index in [9.17, 15) is 5.11 Å². The number of halogens is 1. The van der Waals surface area contributed by atoms with Crippen LogP contribution in [-0.4, -0.2) is 24.6 Å². The Kier molecular flexibility index (Phi) is 6.93. The number of rotatable bonds is 8. The molecule has 2 aromatic rings. The molecule has 2 rings (SSSR count). The Balaban J connectivity index is 1.89. The van der Waals surface area contributed by atoms with Crippen molar-refractivity contribution >= 4 is 35.2 Å². The minimum Gasteiger partial charge on any atom is -0.417 e. The molecule has 0 fully saturated rings. The highest BCUT2D eigenvalue weighted by molar-refractivity contribution is 9.10. The third-order valence-corrected chi connectivity index (χ3v) is 7.73. The lowest BCUT2D eigenvalue weighted by atomic mass is 10.0. The Labute approximate surface area is 161 Å². The minimum atomic E-state index is -1.57. The van der Waals surface area contributed by atoms with Gasteiger partial charge in [0.05, 0.1) is 6.61 Å². The lowest BCUT2D eigenvalue weighted by Gasteiger charge is -2.30. The van der Waals surface area contributed by atoms with Gasteiger partial charge in [-0.25, -0.2) is 0 Å². The van der Waals surface area contributed by atoms with Gasteiger partial charge in [-0.3, -0.25) is 0 Å². The van der Waals surface area contributed by atoms with Crippen molar-refractivity contribution in [3.63, 3.8) is 0 Å². The summed E-state index contributed by atoms with van der Waals surface area (Å²) in [5, 5.41) is 10.8. The third-order valence-electron chi connectivity index (χ3n) is 4.34. The van der Waals surface area contributed by atoms with E-state index in [1.165, 1.54) is 16.9 Å². The molecule has 140 valence electrons. The van der Waals surface area contributed by atoms with Crippen molar-refractivity contribution in [1.29, 1.82) is 0 Å². The van der Waals surface area contributed by atoms with E-state index in [4.69, 9.17) is 4.43 Å². The Morgan fingerprint density at radius 1 is 1.16 bits per heavy atom. The fourth-order valence-corrected chi connectivity index (χ4v) is 7.47. The summed E-state index contributed by atoms with van der Waals surface area (Å²) in [6.45, 7) is 13.3. The third kappa shape index (κ3) is 6.24. The van der Waals surface area contributed by atoms with Crippen molar-refractivity contribution in [3.05, 3.63) is 34.4 Å². The van der Waals surface area contributed by atoms with Crippen LogP contribution < -0.4 is 0 Å². The fourth-order valence-electron chi connectivity index (χ4n) is 3.74. The highest BCUT2D eigenvalue weighted by Gasteiger charge is 2.28. The van der Waals surface area contributed by atoms with Gasteiger partial charge < -0.3 is 14.1 Å². The predicted molar refractivity (Wildman–Crippen MR) is 112 cm³/mol. The molecule has 0 unspecified atom stereocenters. The Bertz CT molecular complexity index is 704. The van der Waals surface area contributed by atoms with Crippen molar-refractivity contribution in [1.82, 2.24) is 4.57 Å². The zero-order valence-electron chi connectivity index (χ0n) is 16.2. The molecule has 3 nitrogen and oxygen atoms in total. The summed E-state index contributed by atoms with van der Waals surface area (Å²) in [6, 6.07) is 9.55. The molecular formula is C20H32BrNO2Si. The summed E-state index contributed by atoms with van der Waals surface area (Å²) in [7, 11) is -1.57. The molecule has 0 amide bonds. The van der Waals surface area contributed by atoms with E-state index >= 15 is 0 Å². The van der Waals surface area contributed by atoms with Gasteiger partial charge in [-0.1, -0.05) is 36.7 Å². The van der Waals surface area contributed by atoms with Crippen LogP contribution in [0.5, 0.6) is 0 Å². The summed E-state index contributed by atoms with van der Waals surface area (Å²) in [5.41, 5.74) is 2.51. The van der Waals surface area contributed by atoms with Gasteiger partial charge in [-0.05, 0) is 61.7 Å². The molecule has 1 aromatic carbocycles. The average molecular weight is 426 g/mol. The van der Waals surface area contributed by atoms with Crippen LogP contribution in [0.1, 0.15) is 39.3 Å². The molecular weight excluding hydrogens is 394 g/mol. The normalized spacial score (nSPS) is 12.9. The molecule has 1 N–H and O–H groups in total. The van der Waals surface area contributed by atoms with Crippen LogP contribution in [0.15, 0.2) is 28.7 Å². The summed E-state index contributed by atoms with van der Waals surface area (Å²) < 4.78 is 9.56. The number of benzene rings is 1. The zero-order chi connectivity index (χ0) is 18.7. The molecule has 0 aliphatic heterocycles. The van der Waals surface area contributed by atoms with E-state index in [1.54, 1.807) is 0 Å². The maximum Gasteiger partial charge on any atom is 0.187 e. The van der Waals surface area contributed by atoms with E-state index in [-0.39, 0.29) is 6.61 Å². The van der Waals surface area contributed by atoms with Gasteiger partial charge in [0.2, 0.25) is 0 Å². The fraction of sp³-hybridized carbons (Fsp3) is 0.600. The van der Waals surface area contributed by atoms with Crippen molar-refractivity contribution in [2.45, 2.75) is 65.9 Å². The second-order valence-corrected chi connectivity index (χ2v) is 13.8. The zero-order valence-corrected chi connectivity index (χ0v) is 18.8. The standard InChI is InChI=1S/C20H32BrNO2Si/c1-20(2,3)15-25(4,5)24-11-7-6-10-22-18(14-23)13-16-12-17(21)8-9-19(16)22/h8-9,12-13,23H,6-7,10-11,14-15H2,1-5H3. The maximum atomic E-state index is 9.65. The monoisotopic (exact) mass is 425 g/mol. The van der Waals surface area contributed by atoms with Crippen molar-refractivity contribution in [3.8, 4) is 0 Å². The lowest BCUT2D eigenvalue weighted by molar-refractivity contribution is 0.266. The Morgan fingerprint density at radius 2 is 1.88 bits per heavy atom. The van der Waals surface area contributed by atoms with Crippen LogP contribution in [0, 0.1) is 5.41 Å². The van der Waals surface area contributed by atoms with E-state index in [0.717, 1.165) is 36.2 Å². The predicted octanol–water partition coefficient (Wildman–Crippen LogP) is 5.94. The summed E-state index contributed by atoms with van der Waals surface area (Å²) in [6.07, 6.45) is 2.12. The number of aliphatic hydroxyl groups is 1. The van der Waals surface area contributed by atoms with E-state index in [2.05, 4.69) is 78.6 Å². The van der Waals surface area contributed by atoms with E-state index in [1.807, 2.05) is 0 Å². The summed E-state index contributed by atoms with van der Waals surface area (Å²) >= 11 is 3.52. The number of aliphatic hydroxyl groups excluding tert-OH is 1. The van der Waals surface area contributed by atoms with Crippen LogP contribution in [0.3, 0.4) is 0 Å². The highest BCUT2D eigenvalue weighted by atomic mass is 79.9. The molecule has 0 radical (unpaired) electrons. The molecule has 25 heavy (non-hydrogen) atoms. The first kappa shape index (κ1) is 20.7. The van der Waals surface area contributed by atoms with E-state index < -0.39 is 8.32 Å². The van der Waals surface area contributed by atoms with Gasteiger partial charge in [0.1, 0.15) is 0 Å². The smallest absolute Gasteiger partial charge is 0.187 e. The second-order valence-electron chi connectivity index (χ2n) is 8.70. The van der Waals surface area contributed by atoms with Crippen molar-refractivity contribution < 1.29 is 9.53 Å². The quantitative estimate of drug-likeness (QED) is 0.418. The number of aromatic nitrogens is 1. The molecule has 0 bridgehead atoms. The molecule has 1 heterocycles. The Morgan fingerprint density at radius 3 is 2.52 bits per heavy atom. The van der Waals surface area contributed by atoms with Gasteiger partial charge >= 0.3 is 0 Å².